The lowest BCUT2D eigenvalue weighted by Crippen LogP contribution is -2.22. The molecule has 0 N–H and O–H groups in total. The molecular weight excluding hydrogens is 297 g/mol. The van der Waals surface area contributed by atoms with E-state index in [0.717, 1.165) is 23.7 Å². The fourth-order valence-electron chi connectivity index (χ4n) is 3.03. The number of rotatable bonds is 3. The fourth-order valence-corrected chi connectivity index (χ4v) is 4.71. The summed E-state index contributed by atoms with van der Waals surface area (Å²) < 4.78 is 40.2. The number of fused-ring (bicyclic) bond motifs is 2. The molecule has 0 saturated carbocycles. The molecule has 1 saturated heterocycles. The molecule has 2 aliphatic rings. The lowest BCUT2D eigenvalue weighted by molar-refractivity contribution is -0.274. The van der Waals surface area contributed by atoms with Crippen LogP contribution in [0.1, 0.15) is 31.2 Å². The Bertz CT molecular complexity index is 521. The average molecular weight is 314 g/mol. The summed E-state index contributed by atoms with van der Waals surface area (Å²) in [5.41, 5.74) is 2.47. The van der Waals surface area contributed by atoms with Gasteiger partial charge in [-0.3, -0.25) is 0 Å². The third kappa shape index (κ3) is 4.19. The average Bonchev–Trinajstić information content (AvgIpc) is 2.39. The first-order chi connectivity index (χ1) is 9.98. The van der Waals surface area contributed by atoms with Crippen LogP contribution in [-0.2, 0) is 6.42 Å². The maximum atomic E-state index is 12.1. The number of hydrogen-bond donors (Lipinski definition) is 0. The number of alkyl halides is 3. The van der Waals surface area contributed by atoms with Gasteiger partial charge in [0.1, 0.15) is 5.75 Å². The van der Waals surface area contributed by atoms with Crippen molar-refractivity contribution in [1.82, 2.24) is 0 Å². The van der Waals surface area contributed by atoms with Crippen LogP contribution < -0.4 is 4.74 Å². The highest BCUT2D eigenvalue weighted by molar-refractivity contribution is 8.00. The molecule has 114 valence electrons. The molecule has 1 nitrogen and oxygen atoms in total. The van der Waals surface area contributed by atoms with Crippen molar-refractivity contribution in [2.45, 2.75) is 49.0 Å². The second-order valence-corrected chi connectivity index (χ2v) is 7.17. The zero-order valence-electron chi connectivity index (χ0n) is 11.5. The number of allylic oxidation sites excluding steroid dienone is 1. The van der Waals surface area contributed by atoms with Crippen molar-refractivity contribution in [2.75, 3.05) is 0 Å². The Balaban J connectivity index is 1.64. The van der Waals surface area contributed by atoms with E-state index in [1.165, 1.54) is 37.0 Å². The van der Waals surface area contributed by atoms with Gasteiger partial charge in [0.25, 0.3) is 0 Å². The molecule has 1 fully saturated rings. The molecule has 0 amide bonds. The SMILES string of the molecule is FC(F)(F)Oc1ccc(CC2=CC3CCCC(C2)S3)cc1. The summed E-state index contributed by atoms with van der Waals surface area (Å²) in [7, 11) is 0. The summed E-state index contributed by atoms with van der Waals surface area (Å²) >= 11 is 2.07. The monoisotopic (exact) mass is 314 g/mol. The summed E-state index contributed by atoms with van der Waals surface area (Å²) in [6, 6.07) is 6.22. The van der Waals surface area contributed by atoms with E-state index in [4.69, 9.17) is 0 Å². The van der Waals surface area contributed by atoms with Crippen LogP contribution in [0.3, 0.4) is 0 Å². The maximum Gasteiger partial charge on any atom is 0.573 e. The summed E-state index contributed by atoms with van der Waals surface area (Å²) in [5.74, 6) is -0.156. The van der Waals surface area contributed by atoms with Crippen LogP contribution in [-0.4, -0.2) is 16.9 Å². The first kappa shape index (κ1) is 14.8. The van der Waals surface area contributed by atoms with Gasteiger partial charge in [-0.2, -0.15) is 11.8 Å². The van der Waals surface area contributed by atoms with Crippen LogP contribution in [0, 0.1) is 0 Å². The van der Waals surface area contributed by atoms with Crippen molar-refractivity contribution >= 4 is 11.8 Å². The van der Waals surface area contributed by atoms with Crippen LogP contribution >= 0.6 is 11.8 Å². The molecule has 1 aromatic carbocycles. The Morgan fingerprint density at radius 1 is 1.14 bits per heavy atom. The summed E-state index contributed by atoms with van der Waals surface area (Å²) in [6.07, 6.45) is 3.54. The molecule has 2 heterocycles. The molecule has 0 spiro atoms. The molecule has 2 aliphatic heterocycles. The standard InChI is InChI=1S/C16H17F3OS/c17-16(18,19)20-13-6-4-11(5-7-13)8-12-9-14-2-1-3-15(10-12)21-14/h4-7,9,14-15H,1-3,8,10H2. The van der Waals surface area contributed by atoms with E-state index in [1.54, 1.807) is 12.1 Å². The molecule has 0 radical (unpaired) electrons. The van der Waals surface area contributed by atoms with Crippen LogP contribution in [0.25, 0.3) is 0 Å². The molecule has 21 heavy (non-hydrogen) atoms. The lowest BCUT2D eigenvalue weighted by Gasteiger charge is -2.33. The first-order valence-electron chi connectivity index (χ1n) is 7.18. The van der Waals surface area contributed by atoms with Crippen molar-refractivity contribution in [3.63, 3.8) is 0 Å². The first-order valence-corrected chi connectivity index (χ1v) is 8.12. The predicted octanol–water partition coefficient (Wildman–Crippen LogP) is 5.11. The fraction of sp³-hybridized carbons (Fsp3) is 0.500. The van der Waals surface area contributed by atoms with Gasteiger partial charge in [0, 0.05) is 10.5 Å². The third-order valence-electron chi connectivity index (χ3n) is 3.88. The number of benzene rings is 1. The van der Waals surface area contributed by atoms with Gasteiger partial charge in [0.2, 0.25) is 0 Å². The molecule has 2 bridgehead atoms. The Morgan fingerprint density at radius 2 is 1.90 bits per heavy atom. The van der Waals surface area contributed by atoms with E-state index in [-0.39, 0.29) is 5.75 Å². The second-order valence-electron chi connectivity index (χ2n) is 5.63. The molecular formula is C16H17F3OS. The topological polar surface area (TPSA) is 9.23 Å². The van der Waals surface area contributed by atoms with Crippen LogP contribution in [0.2, 0.25) is 0 Å². The van der Waals surface area contributed by atoms with E-state index in [0.29, 0.717) is 5.25 Å². The van der Waals surface area contributed by atoms with Crippen molar-refractivity contribution in [3.8, 4) is 5.75 Å². The predicted molar refractivity (Wildman–Crippen MR) is 78.5 cm³/mol. The van der Waals surface area contributed by atoms with Crippen LogP contribution in [0.15, 0.2) is 35.9 Å². The molecule has 3 rings (SSSR count). The summed E-state index contributed by atoms with van der Waals surface area (Å²) in [4.78, 5) is 0. The van der Waals surface area contributed by atoms with E-state index in [1.807, 2.05) is 0 Å². The largest absolute Gasteiger partial charge is 0.573 e. The molecule has 2 unspecified atom stereocenters. The molecule has 2 atom stereocenters. The Morgan fingerprint density at radius 3 is 2.57 bits per heavy atom. The second kappa shape index (κ2) is 5.95. The van der Waals surface area contributed by atoms with Gasteiger partial charge < -0.3 is 4.74 Å². The molecule has 1 aromatic rings. The minimum absolute atomic E-state index is 0.156. The van der Waals surface area contributed by atoms with E-state index in [2.05, 4.69) is 22.6 Å². The maximum absolute atomic E-state index is 12.1. The van der Waals surface area contributed by atoms with Gasteiger partial charge in [0.05, 0.1) is 0 Å². The highest BCUT2D eigenvalue weighted by Crippen LogP contribution is 2.41. The van der Waals surface area contributed by atoms with Gasteiger partial charge in [-0.25, -0.2) is 0 Å². The van der Waals surface area contributed by atoms with E-state index < -0.39 is 6.36 Å². The van der Waals surface area contributed by atoms with E-state index >= 15 is 0 Å². The summed E-state index contributed by atoms with van der Waals surface area (Å²) in [5, 5.41) is 1.37. The number of thioether (sulfide) groups is 1. The zero-order valence-corrected chi connectivity index (χ0v) is 12.3. The number of ether oxygens (including phenoxy) is 1. The highest BCUT2D eigenvalue weighted by Gasteiger charge is 2.31. The van der Waals surface area contributed by atoms with E-state index in [9.17, 15) is 13.2 Å². The minimum Gasteiger partial charge on any atom is -0.406 e. The lowest BCUT2D eigenvalue weighted by atomic mass is 9.94. The Labute approximate surface area is 126 Å². The molecule has 5 heteroatoms. The van der Waals surface area contributed by atoms with Gasteiger partial charge in [-0.05, 0) is 43.4 Å². The van der Waals surface area contributed by atoms with Gasteiger partial charge in [0.15, 0.2) is 0 Å². The zero-order chi connectivity index (χ0) is 14.9. The van der Waals surface area contributed by atoms with Gasteiger partial charge >= 0.3 is 6.36 Å². The minimum atomic E-state index is -4.62. The van der Waals surface area contributed by atoms with Crippen LogP contribution in [0.4, 0.5) is 13.2 Å². The van der Waals surface area contributed by atoms with Crippen molar-refractivity contribution in [1.29, 1.82) is 0 Å². The quantitative estimate of drug-likeness (QED) is 0.717. The van der Waals surface area contributed by atoms with Crippen LogP contribution in [0.5, 0.6) is 5.75 Å². The smallest absolute Gasteiger partial charge is 0.406 e. The van der Waals surface area contributed by atoms with Crippen molar-refractivity contribution in [3.05, 3.63) is 41.5 Å². The highest BCUT2D eigenvalue weighted by atomic mass is 32.2. The summed E-state index contributed by atoms with van der Waals surface area (Å²) in [6.45, 7) is 0. The Hall–Kier alpha value is -1.10. The van der Waals surface area contributed by atoms with Gasteiger partial charge in [-0.1, -0.05) is 30.2 Å². The van der Waals surface area contributed by atoms with Gasteiger partial charge in [-0.15, -0.1) is 13.2 Å². The Kier molecular flexibility index (Phi) is 4.20. The molecule has 0 aliphatic carbocycles. The number of hydrogen-bond acceptors (Lipinski definition) is 2. The molecule has 0 aromatic heterocycles. The van der Waals surface area contributed by atoms with Crippen molar-refractivity contribution < 1.29 is 17.9 Å². The number of halogens is 3. The van der Waals surface area contributed by atoms with Crippen molar-refractivity contribution in [2.24, 2.45) is 0 Å². The normalized spacial score (nSPS) is 25.4. The third-order valence-corrected chi connectivity index (χ3v) is 5.39.